The van der Waals surface area contributed by atoms with Gasteiger partial charge in [-0.05, 0) is 46.0 Å². The van der Waals surface area contributed by atoms with E-state index >= 15 is 0 Å². The predicted molar refractivity (Wildman–Crippen MR) is 78.7 cm³/mol. The molecule has 3 nitrogen and oxygen atoms in total. The maximum atomic E-state index is 12.3. The fourth-order valence-corrected chi connectivity index (χ4v) is 2.83. The molecule has 1 saturated heterocycles. The van der Waals surface area contributed by atoms with Crippen LogP contribution in [0.5, 0.6) is 0 Å². The van der Waals surface area contributed by atoms with Gasteiger partial charge in [0.2, 0.25) is 0 Å². The summed E-state index contributed by atoms with van der Waals surface area (Å²) in [5.41, 5.74) is 1.93. The van der Waals surface area contributed by atoms with Gasteiger partial charge in [-0.1, -0.05) is 24.3 Å². The molecule has 0 radical (unpaired) electrons. The fraction of sp³-hybridized carbons (Fsp3) is 0.562. The van der Waals surface area contributed by atoms with Gasteiger partial charge in [-0.25, -0.2) is 0 Å². The highest BCUT2D eigenvalue weighted by Crippen LogP contribution is 2.15. The van der Waals surface area contributed by atoms with Crippen molar-refractivity contribution < 1.29 is 4.79 Å². The van der Waals surface area contributed by atoms with Gasteiger partial charge in [-0.2, -0.15) is 0 Å². The van der Waals surface area contributed by atoms with Crippen molar-refractivity contribution in [2.24, 2.45) is 0 Å². The zero-order chi connectivity index (χ0) is 13.8. The first-order valence-electron chi connectivity index (χ1n) is 7.05. The van der Waals surface area contributed by atoms with E-state index in [1.54, 1.807) is 0 Å². The summed E-state index contributed by atoms with van der Waals surface area (Å²) in [6, 6.07) is 8.35. The van der Waals surface area contributed by atoms with Crippen molar-refractivity contribution in [2.75, 3.05) is 33.7 Å². The van der Waals surface area contributed by atoms with E-state index in [9.17, 15) is 4.79 Å². The van der Waals surface area contributed by atoms with Gasteiger partial charge in [0.1, 0.15) is 0 Å². The minimum Gasteiger partial charge on any atom is -0.305 e. The van der Waals surface area contributed by atoms with Gasteiger partial charge in [-0.3, -0.25) is 9.69 Å². The first-order valence-corrected chi connectivity index (χ1v) is 7.05. The van der Waals surface area contributed by atoms with Crippen molar-refractivity contribution in [3.05, 3.63) is 35.4 Å². The topological polar surface area (TPSA) is 23.6 Å². The molecular formula is C16H24N2O. The van der Waals surface area contributed by atoms with Crippen LogP contribution in [0.2, 0.25) is 0 Å². The van der Waals surface area contributed by atoms with Gasteiger partial charge >= 0.3 is 0 Å². The van der Waals surface area contributed by atoms with Crippen LogP contribution in [0.4, 0.5) is 0 Å². The average Bonchev–Trinajstić information content (AvgIpc) is 2.39. The minimum absolute atomic E-state index is 0.230. The van der Waals surface area contributed by atoms with Crippen LogP contribution in [0.1, 0.15) is 28.8 Å². The first-order chi connectivity index (χ1) is 9.08. The quantitative estimate of drug-likeness (QED) is 0.775. The van der Waals surface area contributed by atoms with Crippen LogP contribution < -0.4 is 0 Å². The van der Waals surface area contributed by atoms with Crippen LogP contribution in [0.3, 0.4) is 0 Å². The fourth-order valence-electron chi connectivity index (χ4n) is 2.83. The zero-order valence-electron chi connectivity index (χ0n) is 12.2. The number of Topliss-reactive ketones (excluding diaryl/α,β-unsaturated/α-hetero) is 1. The molecule has 2 rings (SSSR count). The molecule has 0 bridgehead atoms. The molecule has 3 heteroatoms. The smallest absolute Gasteiger partial charge is 0.177 e. The molecule has 1 fully saturated rings. The van der Waals surface area contributed by atoms with Crippen LogP contribution in [0, 0.1) is 6.92 Å². The Morgan fingerprint density at radius 3 is 2.84 bits per heavy atom. The van der Waals surface area contributed by atoms with E-state index in [0.717, 1.165) is 17.7 Å². The molecular weight excluding hydrogens is 236 g/mol. The molecule has 0 N–H and O–H groups in total. The van der Waals surface area contributed by atoms with E-state index in [4.69, 9.17) is 0 Å². The molecule has 0 aromatic heterocycles. The third kappa shape index (κ3) is 3.64. The molecule has 1 aliphatic rings. The Morgan fingerprint density at radius 2 is 2.16 bits per heavy atom. The molecule has 0 aliphatic carbocycles. The SMILES string of the molecule is Cc1ccccc1C(=O)CN(C)C1CCCN(C)C1. The summed E-state index contributed by atoms with van der Waals surface area (Å²) < 4.78 is 0. The summed E-state index contributed by atoms with van der Waals surface area (Å²) in [6.45, 7) is 4.76. The molecule has 1 atom stereocenters. The second-order valence-electron chi connectivity index (χ2n) is 5.71. The number of piperidine rings is 1. The van der Waals surface area contributed by atoms with E-state index in [1.807, 2.05) is 31.2 Å². The predicted octanol–water partition coefficient (Wildman–Crippen LogP) is 2.20. The number of aryl methyl sites for hydroxylation is 1. The number of hydrogen-bond acceptors (Lipinski definition) is 3. The van der Waals surface area contributed by atoms with Gasteiger partial charge < -0.3 is 4.90 Å². The van der Waals surface area contributed by atoms with Crippen LogP contribution in [-0.4, -0.2) is 55.4 Å². The largest absolute Gasteiger partial charge is 0.305 e. The number of likely N-dealkylation sites (tertiary alicyclic amines) is 1. The summed E-state index contributed by atoms with van der Waals surface area (Å²) in [4.78, 5) is 16.9. The molecule has 1 heterocycles. The molecule has 0 spiro atoms. The van der Waals surface area contributed by atoms with Crippen LogP contribution >= 0.6 is 0 Å². The maximum Gasteiger partial charge on any atom is 0.177 e. The Labute approximate surface area is 116 Å². The Bertz CT molecular complexity index is 444. The molecule has 0 amide bonds. The summed E-state index contributed by atoms with van der Waals surface area (Å²) in [5.74, 6) is 0.230. The number of likely N-dealkylation sites (N-methyl/N-ethyl adjacent to an activating group) is 2. The summed E-state index contributed by atoms with van der Waals surface area (Å²) >= 11 is 0. The van der Waals surface area contributed by atoms with Crippen molar-refractivity contribution in [2.45, 2.75) is 25.8 Å². The maximum absolute atomic E-state index is 12.3. The van der Waals surface area contributed by atoms with Gasteiger partial charge in [0.05, 0.1) is 6.54 Å². The number of nitrogens with zero attached hydrogens (tertiary/aromatic N) is 2. The second-order valence-corrected chi connectivity index (χ2v) is 5.71. The van der Waals surface area contributed by atoms with Crippen LogP contribution in [0.15, 0.2) is 24.3 Å². The van der Waals surface area contributed by atoms with E-state index < -0.39 is 0 Å². The third-order valence-electron chi connectivity index (χ3n) is 4.06. The van der Waals surface area contributed by atoms with Crippen LogP contribution in [0.25, 0.3) is 0 Å². The number of ketones is 1. The zero-order valence-corrected chi connectivity index (χ0v) is 12.2. The van der Waals surface area contributed by atoms with Crippen LogP contribution in [-0.2, 0) is 0 Å². The molecule has 1 aliphatic heterocycles. The molecule has 19 heavy (non-hydrogen) atoms. The Hall–Kier alpha value is -1.19. The number of rotatable bonds is 4. The second kappa shape index (κ2) is 6.31. The molecule has 0 saturated carbocycles. The van der Waals surface area contributed by atoms with E-state index in [0.29, 0.717) is 12.6 Å². The van der Waals surface area contributed by atoms with E-state index in [-0.39, 0.29) is 5.78 Å². The summed E-state index contributed by atoms with van der Waals surface area (Å²) in [5, 5.41) is 0. The first kappa shape index (κ1) is 14.2. The van der Waals surface area contributed by atoms with Crippen molar-refractivity contribution in [3.63, 3.8) is 0 Å². The highest BCUT2D eigenvalue weighted by molar-refractivity contribution is 5.98. The monoisotopic (exact) mass is 260 g/mol. The van der Waals surface area contributed by atoms with Crippen molar-refractivity contribution in [1.29, 1.82) is 0 Å². The highest BCUT2D eigenvalue weighted by Gasteiger charge is 2.23. The average molecular weight is 260 g/mol. The lowest BCUT2D eigenvalue weighted by atomic mass is 10.0. The van der Waals surface area contributed by atoms with Gasteiger partial charge in [-0.15, -0.1) is 0 Å². The van der Waals surface area contributed by atoms with Crippen molar-refractivity contribution in [3.8, 4) is 0 Å². The normalized spacial score (nSPS) is 20.7. The van der Waals surface area contributed by atoms with Gasteiger partial charge in [0, 0.05) is 18.2 Å². The van der Waals surface area contributed by atoms with E-state index in [1.165, 1.54) is 19.4 Å². The van der Waals surface area contributed by atoms with Crippen molar-refractivity contribution >= 4 is 5.78 Å². The molecule has 1 aromatic carbocycles. The lowest BCUT2D eigenvalue weighted by Crippen LogP contribution is -2.46. The number of carbonyl (C=O) groups is 1. The minimum atomic E-state index is 0.230. The Morgan fingerprint density at radius 1 is 1.42 bits per heavy atom. The number of hydrogen-bond donors (Lipinski definition) is 0. The van der Waals surface area contributed by atoms with Crippen molar-refractivity contribution in [1.82, 2.24) is 9.80 Å². The van der Waals surface area contributed by atoms with Gasteiger partial charge in [0.15, 0.2) is 5.78 Å². The molecule has 104 valence electrons. The van der Waals surface area contributed by atoms with Gasteiger partial charge in [0.25, 0.3) is 0 Å². The Balaban J connectivity index is 1.97. The van der Waals surface area contributed by atoms with E-state index in [2.05, 4.69) is 23.9 Å². The number of benzene rings is 1. The standard InChI is InChI=1S/C16H24N2O/c1-13-7-4-5-9-15(13)16(19)12-18(3)14-8-6-10-17(2)11-14/h4-5,7,9,14H,6,8,10-12H2,1-3H3. The molecule has 1 unspecified atom stereocenters. The number of carbonyl (C=O) groups excluding carboxylic acids is 1. The summed E-state index contributed by atoms with van der Waals surface area (Å²) in [7, 11) is 4.23. The Kier molecular flexibility index (Phi) is 4.72. The highest BCUT2D eigenvalue weighted by atomic mass is 16.1. The lowest BCUT2D eigenvalue weighted by Gasteiger charge is -2.35. The molecule has 1 aromatic rings. The lowest BCUT2D eigenvalue weighted by molar-refractivity contribution is 0.0857. The third-order valence-corrected chi connectivity index (χ3v) is 4.06. The summed E-state index contributed by atoms with van der Waals surface area (Å²) in [6.07, 6.45) is 2.42.